The lowest BCUT2D eigenvalue weighted by Crippen LogP contribution is -2.37. The summed E-state index contributed by atoms with van der Waals surface area (Å²) in [5, 5.41) is 2.76. The molecule has 10 heteroatoms. The summed E-state index contributed by atoms with van der Waals surface area (Å²) in [6, 6.07) is 3.63. The second-order valence-corrected chi connectivity index (χ2v) is 9.40. The number of carbonyl (C=O) groups is 1. The Morgan fingerprint density at radius 2 is 2.09 bits per heavy atom. The van der Waals surface area contributed by atoms with Gasteiger partial charge in [0.15, 0.2) is 0 Å². The van der Waals surface area contributed by atoms with Crippen molar-refractivity contribution in [1.82, 2.24) is 18.9 Å². The predicted molar refractivity (Wildman–Crippen MR) is 121 cm³/mol. The third-order valence-corrected chi connectivity index (χ3v) is 6.54. The monoisotopic (exact) mass is 457 g/mol. The predicted octanol–water partition coefficient (Wildman–Crippen LogP) is 3.09. The second kappa shape index (κ2) is 7.65. The van der Waals surface area contributed by atoms with Gasteiger partial charge in [0.1, 0.15) is 11.3 Å². The summed E-state index contributed by atoms with van der Waals surface area (Å²) in [6.45, 7) is 4.42. The van der Waals surface area contributed by atoms with Crippen molar-refractivity contribution < 1.29 is 20.4 Å². The van der Waals surface area contributed by atoms with Gasteiger partial charge in [-0.05, 0) is 51.7 Å². The van der Waals surface area contributed by atoms with Gasteiger partial charge in [-0.1, -0.05) is 0 Å². The highest BCUT2D eigenvalue weighted by atomic mass is 19.0. The number of pyridine rings is 1. The average Bonchev–Trinajstić information content (AvgIpc) is 3.16. The number of carbonyl (C=O) groups excluding carboxylic acids is 1. The molecule has 2 bridgehead atoms. The zero-order chi connectivity index (χ0) is 22.0. The van der Waals surface area contributed by atoms with Crippen LogP contribution in [0, 0.1) is 0 Å². The molecule has 3 aromatic rings. The zero-order valence-corrected chi connectivity index (χ0v) is 18.5. The van der Waals surface area contributed by atoms with E-state index in [1.54, 1.807) is 33.5 Å². The zero-order valence-electron chi connectivity index (χ0n) is 18.5. The molecule has 0 spiro atoms. The molecule has 0 atom stereocenters. The highest BCUT2D eigenvalue weighted by Gasteiger charge is 2.54. The van der Waals surface area contributed by atoms with Gasteiger partial charge in [0, 0.05) is 31.5 Å². The van der Waals surface area contributed by atoms with E-state index < -0.39 is 5.91 Å². The number of imidazole rings is 1. The maximum absolute atomic E-state index is 13.2. The summed E-state index contributed by atoms with van der Waals surface area (Å²) in [6.07, 6.45) is 9.44. The van der Waals surface area contributed by atoms with Gasteiger partial charge >= 0.3 is 0 Å². The molecule has 5 heterocycles. The molecule has 0 radical (unpaired) electrons. The van der Waals surface area contributed by atoms with Gasteiger partial charge in [-0.15, -0.1) is 0 Å². The molecule has 0 unspecified atom stereocenters. The first-order valence-electron chi connectivity index (χ1n) is 11.1. The number of nitrogens with one attached hydrogen (secondary N) is 1. The number of rotatable bonds is 6. The Morgan fingerprint density at radius 3 is 2.76 bits per heavy atom. The van der Waals surface area contributed by atoms with E-state index in [9.17, 15) is 9.59 Å². The average molecular weight is 458 g/mol. The van der Waals surface area contributed by atoms with Crippen LogP contribution in [0.3, 0.4) is 0 Å². The summed E-state index contributed by atoms with van der Waals surface area (Å²) < 4.78 is 15.0. The van der Waals surface area contributed by atoms with Crippen molar-refractivity contribution in [3.8, 4) is 5.88 Å². The molecule has 176 valence electrons. The first-order valence-corrected chi connectivity index (χ1v) is 11.1. The third-order valence-electron chi connectivity index (χ3n) is 6.54. The maximum Gasteiger partial charge on any atom is 0.274 e. The molecule has 2 aliphatic heterocycles. The Labute approximate surface area is 190 Å². The van der Waals surface area contributed by atoms with Crippen molar-refractivity contribution in [2.24, 2.45) is 0 Å². The van der Waals surface area contributed by atoms with Gasteiger partial charge in [0.05, 0.1) is 24.5 Å². The highest BCUT2D eigenvalue weighted by Crippen LogP contribution is 2.51. The Hall–Kier alpha value is -3.27. The lowest BCUT2D eigenvalue weighted by atomic mass is 9.68. The number of anilines is 1. The molecule has 2 aliphatic carbocycles. The van der Waals surface area contributed by atoms with Gasteiger partial charge in [-0.2, -0.15) is 4.98 Å². The second-order valence-electron chi connectivity index (χ2n) is 9.40. The van der Waals surface area contributed by atoms with Crippen LogP contribution in [-0.2, 0) is 10.2 Å². The molecule has 7 rings (SSSR count). The summed E-state index contributed by atoms with van der Waals surface area (Å²) in [4.78, 5) is 35.2. The number of ether oxygens (including phenoxy) is 2. The van der Waals surface area contributed by atoms with Gasteiger partial charge in [-0.25, -0.2) is 4.98 Å². The largest absolute Gasteiger partial charge is 0.474 e. The first-order chi connectivity index (χ1) is 15.4. The molecule has 3 aromatic heterocycles. The van der Waals surface area contributed by atoms with Crippen LogP contribution in [0.1, 0.15) is 63.1 Å². The molecular weight excluding hydrogens is 429 g/mol. The fourth-order valence-electron chi connectivity index (χ4n) is 4.67. The fraction of sp³-hybridized carbons (Fsp3) is 0.478. The summed E-state index contributed by atoms with van der Waals surface area (Å²) in [5.74, 6) is 0.238. The van der Waals surface area contributed by atoms with Crippen molar-refractivity contribution >= 4 is 17.4 Å². The number of hydrogen-bond acceptors (Lipinski definition) is 6. The van der Waals surface area contributed by atoms with Crippen molar-refractivity contribution in [2.75, 3.05) is 11.9 Å². The topological polar surface area (TPSA) is 99.8 Å². The number of aromatic nitrogens is 4. The lowest BCUT2D eigenvalue weighted by molar-refractivity contribution is 0.101. The minimum atomic E-state index is -0.443. The van der Waals surface area contributed by atoms with E-state index in [0.717, 1.165) is 31.4 Å². The van der Waals surface area contributed by atoms with E-state index in [2.05, 4.69) is 10.3 Å². The normalized spacial score (nSPS) is 23.3. The standard InChI is InChI=1S/C23H25N5O4.FH.H2/c1-13(2)32-20-16(19(29)24-17-4-3-7-28(21(17)30)14-5-6-14)10-27-11-18(25-22(27)26-20)23-8-15(9-23)31-12-23;;/h3-4,7,10-11,13-15H,5-6,8-9,12H2,1-2H3,(H,24,29);2*1H. The van der Waals surface area contributed by atoms with Gasteiger partial charge in [0.2, 0.25) is 11.7 Å². The molecule has 0 aromatic carbocycles. The SMILES string of the molecule is CC(C)Oc1nc2nc(C34COC(C3)C4)cn2cc1C(=O)Nc1cccn(C2CC2)c1=O.F.[HH]. The number of amides is 1. The summed E-state index contributed by atoms with van der Waals surface area (Å²) >= 11 is 0. The molecule has 33 heavy (non-hydrogen) atoms. The van der Waals surface area contributed by atoms with E-state index in [1.165, 1.54) is 0 Å². The van der Waals surface area contributed by atoms with Crippen LogP contribution in [0.4, 0.5) is 10.4 Å². The van der Waals surface area contributed by atoms with Crippen molar-refractivity contribution in [3.05, 3.63) is 52.3 Å². The van der Waals surface area contributed by atoms with E-state index in [4.69, 9.17) is 14.5 Å². The first kappa shape index (κ1) is 21.6. The van der Waals surface area contributed by atoms with E-state index in [-0.39, 0.29) is 46.4 Å². The Kier molecular flexibility index (Phi) is 5.00. The fourth-order valence-corrected chi connectivity index (χ4v) is 4.67. The minimum absolute atomic E-state index is 0. The third kappa shape index (κ3) is 3.58. The van der Waals surface area contributed by atoms with E-state index in [1.807, 2.05) is 20.0 Å². The Bertz CT molecular complexity index is 1290. The Balaban J connectivity index is 0.00000137. The van der Waals surface area contributed by atoms with Crippen LogP contribution in [0.5, 0.6) is 5.88 Å². The van der Waals surface area contributed by atoms with Crippen LogP contribution >= 0.6 is 0 Å². The van der Waals surface area contributed by atoms with Crippen molar-refractivity contribution in [3.63, 3.8) is 0 Å². The molecule has 9 nitrogen and oxygen atoms in total. The minimum Gasteiger partial charge on any atom is -0.474 e. The number of nitrogens with zero attached hydrogens (tertiary/aromatic N) is 4. The van der Waals surface area contributed by atoms with E-state index >= 15 is 0 Å². The lowest BCUT2D eigenvalue weighted by Gasteiger charge is -2.33. The molecule has 1 N–H and O–H groups in total. The van der Waals surface area contributed by atoms with Crippen LogP contribution < -0.4 is 15.6 Å². The van der Waals surface area contributed by atoms with Crippen LogP contribution in [0.2, 0.25) is 0 Å². The Morgan fingerprint density at radius 1 is 1.30 bits per heavy atom. The van der Waals surface area contributed by atoms with Gasteiger partial charge in [-0.3, -0.25) is 18.7 Å². The summed E-state index contributed by atoms with van der Waals surface area (Å²) in [5.41, 5.74) is 1.19. The van der Waals surface area contributed by atoms with Crippen molar-refractivity contribution in [1.29, 1.82) is 0 Å². The van der Waals surface area contributed by atoms with Gasteiger partial charge in [0.25, 0.3) is 11.5 Å². The molecule has 4 fully saturated rings. The van der Waals surface area contributed by atoms with Crippen LogP contribution in [0.25, 0.3) is 5.78 Å². The smallest absolute Gasteiger partial charge is 0.274 e. The summed E-state index contributed by atoms with van der Waals surface area (Å²) in [7, 11) is 0. The highest BCUT2D eigenvalue weighted by molar-refractivity contribution is 6.05. The van der Waals surface area contributed by atoms with Crippen LogP contribution in [0.15, 0.2) is 35.5 Å². The molecule has 1 amide bonds. The number of fused-ring (bicyclic) bond motifs is 2. The van der Waals surface area contributed by atoms with Gasteiger partial charge < -0.3 is 19.4 Å². The molecule has 4 aliphatic rings. The molecule has 2 saturated carbocycles. The van der Waals surface area contributed by atoms with Crippen LogP contribution in [-0.4, -0.2) is 43.7 Å². The number of halogens is 1. The quantitative estimate of drug-likeness (QED) is 0.611. The molecule has 2 saturated heterocycles. The maximum atomic E-state index is 13.2. The number of hydrogen-bond donors (Lipinski definition) is 1. The van der Waals surface area contributed by atoms with E-state index in [0.29, 0.717) is 18.5 Å². The molecular formula is C23H28FN5O4. The van der Waals surface area contributed by atoms with Crippen molar-refractivity contribution in [2.45, 2.75) is 63.2 Å².